The molecule has 2 aromatic carbocycles. The van der Waals surface area contributed by atoms with Crippen molar-refractivity contribution in [2.24, 2.45) is 0 Å². The lowest BCUT2D eigenvalue weighted by molar-refractivity contribution is -0.119. The molecule has 0 unspecified atom stereocenters. The topological polar surface area (TPSA) is 55.4 Å². The molecular formula is C16H13ClFNO3. The number of aryl methyl sites for hydroxylation is 1. The Hall–Kier alpha value is -2.40. The van der Waals surface area contributed by atoms with E-state index in [2.05, 4.69) is 5.32 Å². The largest absolute Gasteiger partial charge is 0.452 e. The van der Waals surface area contributed by atoms with E-state index in [9.17, 15) is 14.0 Å². The third kappa shape index (κ3) is 4.05. The van der Waals surface area contributed by atoms with Crippen molar-refractivity contribution in [1.29, 1.82) is 0 Å². The maximum atomic E-state index is 13.6. The molecule has 0 bridgehead atoms. The molecule has 1 amide bonds. The quantitative estimate of drug-likeness (QED) is 0.876. The van der Waals surface area contributed by atoms with Crippen LogP contribution in [-0.4, -0.2) is 18.5 Å². The number of amides is 1. The molecule has 0 aromatic heterocycles. The van der Waals surface area contributed by atoms with Gasteiger partial charge in [0.1, 0.15) is 5.82 Å². The zero-order valence-electron chi connectivity index (χ0n) is 11.7. The molecule has 0 fully saturated rings. The number of anilines is 1. The summed E-state index contributed by atoms with van der Waals surface area (Å²) in [5, 5.41) is 2.57. The van der Waals surface area contributed by atoms with Gasteiger partial charge in [0.25, 0.3) is 5.91 Å². The zero-order chi connectivity index (χ0) is 16.1. The van der Waals surface area contributed by atoms with Crippen LogP contribution in [0.15, 0.2) is 42.5 Å². The Balaban J connectivity index is 1.93. The Labute approximate surface area is 131 Å². The van der Waals surface area contributed by atoms with Gasteiger partial charge in [-0.25, -0.2) is 9.18 Å². The van der Waals surface area contributed by atoms with E-state index in [0.717, 1.165) is 5.56 Å². The molecule has 4 nitrogen and oxygen atoms in total. The van der Waals surface area contributed by atoms with Crippen LogP contribution in [0.1, 0.15) is 15.9 Å². The highest BCUT2D eigenvalue weighted by Crippen LogP contribution is 2.17. The number of carbonyl (C=O) groups is 2. The van der Waals surface area contributed by atoms with E-state index >= 15 is 0 Å². The third-order valence-electron chi connectivity index (χ3n) is 2.83. The minimum atomic E-state index is -0.717. The van der Waals surface area contributed by atoms with Crippen molar-refractivity contribution in [3.05, 3.63) is 64.4 Å². The van der Waals surface area contributed by atoms with Gasteiger partial charge in [0, 0.05) is 0 Å². The monoisotopic (exact) mass is 321 g/mol. The number of carbonyl (C=O) groups excluding carboxylic acids is 2. The van der Waals surface area contributed by atoms with Crippen LogP contribution in [0.2, 0.25) is 5.02 Å². The molecule has 0 aliphatic carbocycles. The summed E-state index contributed by atoms with van der Waals surface area (Å²) in [5.74, 6) is -1.90. The molecule has 1 N–H and O–H groups in total. The molecule has 2 aromatic rings. The number of halogens is 2. The predicted octanol–water partition coefficient (Wildman–Crippen LogP) is 3.58. The predicted molar refractivity (Wildman–Crippen MR) is 81.5 cm³/mol. The summed E-state index contributed by atoms with van der Waals surface area (Å²) in [6.45, 7) is 1.21. The van der Waals surface area contributed by atoms with Gasteiger partial charge < -0.3 is 10.1 Å². The van der Waals surface area contributed by atoms with Crippen molar-refractivity contribution in [3.8, 4) is 0 Å². The van der Waals surface area contributed by atoms with Gasteiger partial charge in [0.2, 0.25) is 0 Å². The minimum Gasteiger partial charge on any atom is -0.452 e. The van der Waals surface area contributed by atoms with Crippen LogP contribution < -0.4 is 5.32 Å². The van der Waals surface area contributed by atoms with Gasteiger partial charge in [-0.15, -0.1) is 0 Å². The summed E-state index contributed by atoms with van der Waals surface area (Å²) in [4.78, 5) is 23.5. The SMILES string of the molecule is Cc1ccc(NC(=O)COC(=O)c2ccccc2Cl)c(F)c1. The van der Waals surface area contributed by atoms with Crippen molar-refractivity contribution < 1.29 is 18.7 Å². The van der Waals surface area contributed by atoms with Crippen molar-refractivity contribution in [2.75, 3.05) is 11.9 Å². The Morgan fingerprint density at radius 2 is 1.95 bits per heavy atom. The van der Waals surface area contributed by atoms with Gasteiger partial charge in [0.15, 0.2) is 6.61 Å². The van der Waals surface area contributed by atoms with Crippen LogP contribution in [0.5, 0.6) is 0 Å². The standard InChI is InChI=1S/C16H13ClFNO3/c1-10-6-7-14(13(18)8-10)19-15(20)9-22-16(21)11-4-2-3-5-12(11)17/h2-8H,9H2,1H3,(H,19,20). The average Bonchev–Trinajstić information content (AvgIpc) is 2.48. The van der Waals surface area contributed by atoms with Crippen LogP contribution >= 0.6 is 11.6 Å². The second-order valence-corrected chi connectivity index (χ2v) is 4.99. The normalized spacial score (nSPS) is 10.1. The van der Waals surface area contributed by atoms with Crippen LogP contribution in [-0.2, 0) is 9.53 Å². The number of hydrogen-bond acceptors (Lipinski definition) is 3. The molecule has 2 rings (SSSR count). The second-order valence-electron chi connectivity index (χ2n) is 4.59. The average molecular weight is 322 g/mol. The summed E-state index contributed by atoms with van der Waals surface area (Å²) >= 11 is 5.85. The van der Waals surface area contributed by atoms with Crippen molar-refractivity contribution >= 4 is 29.2 Å². The highest BCUT2D eigenvalue weighted by Gasteiger charge is 2.14. The van der Waals surface area contributed by atoms with Crippen LogP contribution in [0, 0.1) is 12.7 Å². The van der Waals surface area contributed by atoms with E-state index in [-0.39, 0.29) is 16.3 Å². The lowest BCUT2D eigenvalue weighted by Crippen LogP contribution is -2.21. The van der Waals surface area contributed by atoms with Crippen molar-refractivity contribution in [1.82, 2.24) is 0 Å². The molecule has 0 atom stereocenters. The first kappa shape index (κ1) is 16.0. The highest BCUT2D eigenvalue weighted by atomic mass is 35.5. The van der Waals surface area contributed by atoms with Gasteiger partial charge in [-0.3, -0.25) is 4.79 Å². The molecule has 0 aliphatic heterocycles. The van der Waals surface area contributed by atoms with E-state index in [1.165, 1.54) is 18.2 Å². The second kappa shape index (κ2) is 7.04. The molecule has 6 heteroatoms. The lowest BCUT2D eigenvalue weighted by atomic mass is 10.2. The fourth-order valence-electron chi connectivity index (χ4n) is 1.74. The number of nitrogens with one attached hydrogen (secondary N) is 1. The van der Waals surface area contributed by atoms with Gasteiger partial charge in [-0.1, -0.05) is 29.8 Å². The first-order chi connectivity index (χ1) is 10.5. The van der Waals surface area contributed by atoms with Crippen LogP contribution in [0.4, 0.5) is 10.1 Å². The minimum absolute atomic E-state index is 0.0318. The first-order valence-electron chi connectivity index (χ1n) is 6.45. The molecular weight excluding hydrogens is 309 g/mol. The summed E-state index contributed by atoms with van der Waals surface area (Å²) in [7, 11) is 0. The summed E-state index contributed by atoms with van der Waals surface area (Å²) < 4.78 is 18.4. The molecule has 0 aliphatic rings. The molecule has 0 heterocycles. The van der Waals surface area contributed by atoms with E-state index in [1.807, 2.05) is 0 Å². The van der Waals surface area contributed by atoms with Crippen LogP contribution in [0.3, 0.4) is 0 Å². The Morgan fingerprint density at radius 1 is 1.23 bits per heavy atom. The molecule has 0 spiro atoms. The maximum absolute atomic E-state index is 13.6. The number of ether oxygens (including phenoxy) is 1. The molecule has 0 saturated heterocycles. The highest BCUT2D eigenvalue weighted by molar-refractivity contribution is 6.33. The molecule has 22 heavy (non-hydrogen) atoms. The smallest absolute Gasteiger partial charge is 0.340 e. The van der Waals surface area contributed by atoms with E-state index in [1.54, 1.807) is 31.2 Å². The molecule has 114 valence electrons. The number of hydrogen-bond donors (Lipinski definition) is 1. The zero-order valence-corrected chi connectivity index (χ0v) is 12.5. The van der Waals surface area contributed by atoms with Gasteiger partial charge >= 0.3 is 5.97 Å². The lowest BCUT2D eigenvalue weighted by Gasteiger charge is -2.08. The first-order valence-corrected chi connectivity index (χ1v) is 6.83. The number of rotatable bonds is 4. The van der Waals surface area contributed by atoms with Gasteiger partial charge in [-0.05, 0) is 36.8 Å². The number of esters is 1. The van der Waals surface area contributed by atoms with Crippen LogP contribution in [0.25, 0.3) is 0 Å². The Kier molecular flexibility index (Phi) is 5.12. The Bertz CT molecular complexity index is 718. The van der Waals surface area contributed by atoms with Crippen molar-refractivity contribution in [2.45, 2.75) is 6.92 Å². The van der Waals surface area contributed by atoms with Gasteiger partial charge in [0.05, 0.1) is 16.3 Å². The van der Waals surface area contributed by atoms with Gasteiger partial charge in [-0.2, -0.15) is 0 Å². The summed E-state index contributed by atoms with van der Waals surface area (Å²) in [5.41, 5.74) is 0.934. The number of benzene rings is 2. The maximum Gasteiger partial charge on any atom is 0.340 e. The van der Waals surface area contributed by atoms with E-state index in [4.69, 9.17) is 16.3 Å². The summed E-state index contributed by atoms with van der Waals surface area (Å²) in [6.07, 6.45) is 0. The fraction of sp³-hybridized carbons (Fsp3) is 0.125. The Morgan fingerprint density at radius 3 is 2.64 bits per heavy atom. The van der Waals surface area contributed by atoms with E-state index < -0.39 is 24.3 Å². The molecule has 0 saturated carbocycles. The molecule has 0 radical (unpaired) electrons. The fourth-order valence-corrected chi connectivity index (χ4v) is 1.96. The summed E-state index contributed by atoms with van der Waals surface area (Å²) in [6, 6.07) is 10.7. The third-order valence-corrected chi connectivity index (χ3v) is 3.16. The van der Waals surface area contributed by atoms with Crippen molar-refractivity contribution in [3.63, 3.8) is 0 Å². The van der Waals surface area contributed by atoms with E-state index in [0.29, 0.717) is 0 Å².